The highest BCUT2D eigenvalue weighted by Crippen LogP contribution is 2.28. The molecule has 0 spiro atoms. The van der Waals surface area contributed by atoms with Crippen LogP contribution in [0.25, 0.3) is 0 Å². The number of aryl methyl sites for hydroxylation is 1. The van der Waals surface area contributed by atoms with Crippen molar-refractivity contribution in [1.29, 1.82) is 0 Å². The Bertz CT molecular complexity index is 276. The van der Waals surface area contributed by atoms with Gasteiger partial charge in [-0.05, 0) is 33.2 Å². The molecule has 66 valence electrons. The van der Waals surface area contributed by atoms with Gasteiger partial charge in [0, 0.05) is 0 Å². The average molecular weight is 167 g/mol. The standard InChI is InChI=1S/C8H13N3O/c1-6-10-7(12-11-6)8(2)4-3-5-9-8/h9H,3-5H2,1-2H3/t8-/m0/s1. The molecule has 4 heteroatoms. The fraction of sp³-hybridized carbons (Fsp3) is 0.750. The zero-order valence-corrected chi connectivity index (χ0v) is 7.42. The van der Waals surface area contributed by atoms with Crippen LogP contribution < -0.4 is 5.32 Å². The minimum absolute atomic E-state index is 0.0821. The third-order valence-corrected chi connectivity index (χ3v) is 2.37. The molecule has 0 aromatic carbocycles. The Morgan fingerprint density at radius 2 is 2.42 bits per heavy atom. The van der Waals surface area contributed by atoms with Gasteiger partial charge in [0.1, 0.15) is 0 Å². The summed E-state index contributed by atoms with van der Waals surface area (Å²) in [4.78, 5) is 4.22. The first-order valence-electron chi connectivity index (χ1n) is 4.26. The van der Waals surface area contributed by atoms with Crippen LogP contribution >= 0.6 is 0 Å². The molecule has 0 unspecified atom stereocenters. The first kappa shape index (κ1) is 7.73. The molecular formula is C8H13N3O. The molecule has 1 aromatic rings. The van der Waals surface area contributed by atoms with E-state index in [2.05, 4.69) is 22.4 Å². The summed E-state index contributed by atoms with van der Waals surface area (Å²) in [5.74, 6) is 1.43. The van der Waals surface area contributed by atoms with Crippen molar-refractivity contribution in [2.24, 2.45) is 0 Å². The number of hydrogen-bond donors (Lipinski definition) is 1. The molecule has 1 N–H and O–H groups in total. The number of nitrogens with one attached hydrogen (secondary N) is 1. The van der Waals surface area contributed by atoms with E-state index in [0.29, 0.717) is 5.82 Å². The summed E-state index contributed by atoms with van der Waals surface area (Å²) in [5, 5.41) is 7.15. The summed E-state index contributed by atoms with van der Waals surface area (Å²) in [6, 6.07) is 0. The van der Waals surface area contributed by atoms with E-state index in [4.69, 9.17) is 4.52 Å². The monoisotopic (exact) mass is 167 g/mol. The van der Waals surface area contributed by atoms with Crippen molar-refractivity contribution in [2.75, 3.05) is 6.54 Å². The minimum atomic E-state index is -0.0821. The molecule has 2 rings (SSSR count). The molecule has 1 atom stereocenters. The van der Waals surface area contributed by atoms with Gasteiger partial charge in [0.05, 0.1) is 5.54 Å². The van der Waals surface area contributed by atoms with Crippen molar-refractivity contribution in [1.82, 2.24) is 15.5 Å². The van der Waals surface area contributed by atoms with E-state index in [1.807, 2.05) is 6.92 Å². The second kappa shape index (κ2) is 2.55. The van der Waals surface area contributed by atoms with Gasteiger partial charge in [-0.1, -0.05) is 5.16 Å². The van der Waals surface area contributed by atoms with E-state index >= 15 is 0 Å². The van der Waals surface area contributed by atoms with Crippen LogP contribution in [0.15, 0.2) is 4.52 Å². The topological polar surface area (TPSA) is 51.0 Å². The van der Waals surface area contributed by atoms with Crippen molar-refractivity contribution in [3.05, 3.63) is 11.7 Å². The van der Waals surface area contributed by atoms with Crippen molar-refractivity contribution < 1.29 is 4.52 Å². The molecule has 1 aliphatic heterocycles. The van der Waals surface area contributed by atoms with E-state index in [1.54, 1.807) is 0 Å². The highest BCUT2D eigenvalue weighted by Gasteiger charge is 2.35. The van der Waals surface area contributed by atoms with E-state index in [1.165, 1.54) is 6.42 Å². The normalized spacial score (nSPS) is 29.5. The predicted octanol–water partition coefficient (Wildman–Crippen LogP) is 0.977. The highest BCUT2D eigenvalue weighted by atomic mass is 16.5. The predicted molar refractivity (Wildman–Crippen MR) is 43.6 cm³/mol. The van der Waals surface area contributed by atoms with Crippen LogP contribution in [0.1, 0.15) is 31.5 Å². The van der Waals surface area contributed by atoms with E-state index in [9.17, 15) is 0 Å². The summed E-state index contributed by atoms with van der Waals surface area (Å²) in [6.45, 7) is 4.98. The maximum Gasteiger partial charge on any atom is 0.246 e. The van der Waals surface area contributed by atoms with E-state index in [0.717, 1.165) is 18.9 Å². The highest BCUT2D eigenvalue weighted by molar-refractivity contribution is 5.03. The summed E-state index contributed by atoms with van der Waals surface area (Å²) < 4.78 is 5.13. The average Bonchev–Trinajstić information content (AvgIpc) is 2.59. The second-order valence-electron chi connectivity index (χ2n) is 3.51. The van der Waals surface area contributed by atoms with Gasteiger partial charge in [-0.15, -0.1) is 0 Å². The molecular weight excluding hydrogens is 154 g/mol. The maximum atomic E-state index is 5.13. The van der Waals surface area contributed by atoms with Gasteiger partial charge in [0.15, 0.2) is 5.82 Å². The Hall–Kier alpha value is -0.900. The van der Waals surface area contributed by atoms with Gasteiger partial charge in [0.25, 0.3) is 0 Å². The number of aromatic nitrogens is 2. The van der Waals surface area contributed by atoms with Gasteiger partial charge in [-0.2, -0.15) is 4.98 Å². The lowest BCUT2D eigenvalue weighted by Crippen LogP contribution is -2.33. The van der Waals surface area contributed by atoms with Crippen LogP contribution in [0.4, 0.5) is 0 Å². The zero-order valence-electron chi connectivity index (χ0n) is 7.42. The van der Waals surface area contributed by atoms with Crippen molar-refractivity contribution in [3.8, 4) is 0 Å². The Labute approximate surface area is 71.4 Å². The minimum Gasteiger partial charge on any atom is -0.337 e. The summed E-state index contributed by atoms with van der Waals surface area (Å²) in [6.07, 6.45) is 2.26. The molecule has 1 saturated heterocycles. The van der Waals surface area contributed by atoms with Crippen LogP contribution in [0, 0.1) is 6.92 Å². The molecule has 0 radical (unpaired) electrons. The fourth-order valence-electron chi connectivity index (χ4n) is 1.60. The van der Waals surface area contributed by atoms with Crippen molar-refractivity contribution in [2.45, 2.75) is 32.2 Å². The summed E-state index contributed by atoms with van der Waals surface area (Å²) in [7, 11) is 0. The first-order chi connectivity index (χ1) is 5.71. The smallest absolute Gasteiger partial charge is 0.246 e. The van der Waals surface area contributed by atoms with Gasteiger partial charge in [-0.25, -0.2) is 0 Å². The van der Waals surface area contributed by atoms with Crippen LogP contribution in [-0.2, 0) is 5.54 Å². The number of rotatable bonds is 1. The van der Waals surface area contributed by atoms with Crippen molar-refractivity contribution >= 4 is 0 Å². The molecule has 0 amide bonds. The van der Waals surface area contributed by atoms with Gasteiger partial charge in [0.2, 0.25) is 5.89 Å². The van der Waals surface area contributed by atoms with Crippen LogP contribution in [0.2, 0.25) is 0 Å². The quantitative estimate of drug-likeness (QED) is 0.677. The molecule has 1 aliphatic rings. The Balaban J connectivity index is 2.28. The van der Waals surface area contributed by atoms with Crippen LogP contribution in [-0.4, -0.2) is 16.7 Å². The second-order valence-corrected chi connectivity index (χ2v) is 3.51. The molecule has 0 bridgehead atoms. The SMILES string of the molecule is Cc1noc([C@]2(C)CCCN2)n1. The Morgan fingerprint density at radius 1 is 1.58 bits per heavy atom. The fourth-order valence-corrected chi connectivity index (χ4v) is 1.60. The lowest BCUT2D eigenvalue weighted by atomic mass is 10.0. The lowest BCUT2D eigenvalue weighted by molar-refractivity contribution is 0.274. The third-order valence-electron chi connectivity index (χ3n) is 2.37. The third kappa shape index (κ3) is 1.12. The molecule has 12 heavy (non-hydrogen) atoms. The van der Waals surface area contributed by atoms with E-state index < -0.39 is 0 Å². The Kier molecular flexibility index (Phi) is 1.65. The van der Waals surface area contributed by atoms with Gasteiger partial charge in [-0.3, -0.25) is 0 Å². The van der Waals surface area contributed by atoms with Crippen LogP contribution in [0.3, 0.4) is 0 Å². The zero-order chi connectivity index (χ0) is 8.60. The largest absolute Gasteiger partial charge is 0.337 e. The number of hydrogen-bond acceptors (Lipinski definition) is 4. The molecule has 1 aromatic heterocycles. The maximum absolute atomic E-state index is 5.13. The first-order valence-corrected chi connectivity index (χ1v) is 4.26. The Morgan fingerprint density at radius 3 is 2.92 bits per heavy atom. The molecule has 1 fully saturated rings. The van der Waals surface area contributed by atoms with Crippen molar-refractivity contribution in [3.63, 3.8) is 0 Å². The number of nitrogens with zero attached hydrogens (tertiary/aromatic N) is 2. The molecule has 4 nitrogen and oxygen atoms in total. The van der Waals surface area contributed by atoms with Gasteiger partial charge >= 0.3 is 0 Å². The lowest BCUT2D eigenvalue weighted by Gasteiger charge is -2.18. The van der Waals surface area contributed by atoms with Crippen LogP contribution in [0.5, 0.6) is 0 Å². The molecule has 2 heterocycles. The van der Waals surface area contributed by atoms with E-state index in [-0.39, 0.29) is 5.54 Å². The van der Waals surface area contributed by atoms with Gasteiger partial charge < -0.3 is 9.84 Å². The molecule has 0 aliphatic carbocycles. The summed E-state index contributed by atoms with van der Waals surface area (Å²) in [5.41, 5.74) is -0.0821. The molecule has 0 saturated carbocycles. The summed E-state index contributed by atoms with van der Waals surface area (Å²) >= 11 is 0.